The number of halogens is 3. The van der Waals surface area contributed by atoms with Crippen LogP contribution in [-0.4, -0.2) is 18.0 Å². The molecule has 0 bridgehead atoms. The molecule has 0 radical (unpaired) electrons. The van der Waals surface area contributed by atoms with E-state index in [1.54, 1.807) is 23.2 Å². The molecule has 3 N–H and O–H groups in total. The van der Waals surface area contributed by atoms with Gasteiger partial charge in [0.05, 0.1) is 22.5 Å². The van der Waals surface area contributed by atoms with Crippen molar-refractivity contribution in [2.45, 2.75) is 36.4 Å². The summed E-state index contributed by atoms with van der Waals surface area (Å²) in [7, 11) is -2.12. The summed E-state index contributed by atoms with van der Waals surface area (Å²) in [6.45, 7) is 0.261. The largest absolute Gasteiger partial charge is 0.416 e. The molecule has 10 heteroatoms. The first-order chi connectivity index (χ1) is 14.5. The molecular weight excluding hydrogens is 429 g/mol. The number of benzene rings is 2. The molecule has 1 saturated carbocycles. The van der Waals surface area contributed by atoms with Crippen molar-refractivity contribution in [1.29, 1.82) is 0 Å². The molecule has 4 rings (SSSR count). The topological polar surface area (TPSA) is 90.0 Å². The van der Waals surface area contributed by atoms with Crippen molar-refractivity contribution >= 4 is 15.7 Å². The highest BCUT2D eigenvalue weighted by Crippen LogP contribution is 2.49. The number of nitrogens with zero attached hydrogens (tertiary/aromatic N) is 2. The van der Waals surface area contributed by atoms with Gasteiger partial charge in [0.1, 0.15) is 0 Å². The first-order valence-electron chi connectivity index (χ1n) is 9.62. The quantitative estimate of drug-likeness (QED) is 0.588. The third kappa shape index (κ3) is 4.59. The second kappa shape index (κ2) is 7.69. The zero-order valence-corrected chi connectivity index (χ0v) is 17.5. The summed E-state index contributed by atoms with van der Waals surface area (Å²) in [5, 5.41) is 8.71. The highest BCUT2D eigenvalue weighted by Gasteiger charge is 2.34. The fraction of sp³-hybridized carbons (Fsp3) is 0.286. The third-order valence-corrected chi connectivity index (χ3v) is 6.19. The monoisotopic (exact) mass is 450 g/mol. The second-order valence-corrected chi connectivity index (χ2v) is 9.22. The van der Waals surface area contributed by atoms with Crippen molar-refractivity contribution in [3.8, 4) is 11.3 Å². The van der Waals surface area contributed by atoms with E-state index in [4.69, 9.17) is 5.14 Å². The summed E-state index contributed by atoms with van der Waals surface area (Å²) in [4.78, 5) is 4.48. The van der Waals surface area contributed by atoms with Crippen molar-refractivity contribution in [3.63, 3.8) is 0 Å². The molecule has 0 unspecified atom stereocenters. The molecule has 6 nitrogen and oxygen atoms in total. The number of rotatable bonds is 6. The van der Waals surface area contributed by atoms with Gasteiger partial charge in [-0.2, -0.15) is 13.2 Å². The molecule has 164 valence electrons. The van der Waals surface area contributed by atoms with Crippen molar-refractivity contribution in [1.82, 2.24) is 9.55 Å². The van der Waals surface area contributed by atoms with E-state index in [1.165, 1.54) is 18.2 Å². The van der Waals surface area contributed by atoms with Crippen LogP contribution in [0.2, 0.25) is 0 Å². The van der Waals surface area contributed by atoms with Gasteiger partial charge in [0.2, 0.25) is 10.0 Å². The predicted molar refractivity (Wildman–Crippen MR) is 111 cm³/mol. The summed E-state index contributed by atoms with van der Waals surface area (Å²) in [5.41, 5.74) is 2.49. The van der Waals surface area contributed by atoms with Crippen molar-refractivity contribution in [2.75, 3.05) is 5.32 Å². The fourth-order valence-electron chi connectivity index (χ4n) is 3.60. The minimum absolute atomic E-state index is 0.0677. The van der Waals surface area contributed by atoms with E-state index in [2.05, 4.69) is 10.3 Å². The first kappa shape index (κ1) is 21.4. The first-order valence-corrected chi connectivity index (χ1v) is 11.2. The molecule has 0 atom stereocenters. The third-order valence-electron chi connectivity index (χ3n) is 5.22. The van der Waals surface area contributed by atoms with Gasteiger partial charge in [0.15, 0.2) is 0 Å². The Hall–Kier alpha value is -2.85. The number of hydrogen-bond acceptors (Lipinski definition) is 4. The lowest BCUT2D eigenvalue weighted by atomic mass is 9.98. The molecule has 3 aromatic rings. The number of alkyl halides is 3. The summed E-state index contributed by atoms with van der Waals surface area (Å²) in [5.74, 6) is 0.0677. The van der Waals surface area contributed by atoms with Crippen LogP contribution >= 0.6 is 0 Å². The Morgan fingerprint density at radius 1 is 1.16 bits per heavy atom. The molecule has 2 aromatic carbocycles. The Morgan fingerprint density at radius 3 is 2.35 bits per heavy atom. The lowest BCUT2D eigenvalue weighted by Crippen LogP contribution is -2.16. The molecule has 1 aliphatic rings. The van der Waals surface area contributed by atoms with Gasteiger partial charge >= 0.3 is 6.18 Å². The van der Waals surface area contributed by atoms with Crippen molar-refractivity contribution in [2.24, 2.45) is 12.2 Å². The Bertz CT molecular complexity index is 1210. The second-order valence-electron chi connectivity index (χ2n) is 7.69. The Balaban J connectivity index is 1.73. The number of hydrogen-bond donors (Lipinski definition) is 2. The number of nitrogens with one attached hydrogen (secondary N) is 1. The molecule has 1 fully saturated rings. The molecule has 1 aliphatic carbocycles. The number of anilines is 1. The molecule has 1 heterocycles. The number of nitrogens with two attached hydrogens (primary N) is 1. The van der Waals surface area contributed by atoms with E-state index in [1.807, 2.05) is 7.05 Å². The van der Waals surface area contributed by atoms with Crippen LogP contribution in [0.15, 0.2) is 53.8 Å². The minimum Gasteiger partial charge on any atom is -0.380 e. The van der Waals surface area contributed by atoms with E-state index < -0.39 is 21.8 Å². The van der Waals surface area contributed by atoms with E-state index in [-0.39, 0.29) is 17.4 Å². The van der Waals surface area contributed by atoms with Crippen LogP contribution in [0.4, 0.5) is 18.9 Å². The van der Waals surface area contributed by atoms with Gasteiger partial charge in [-0.3, -0.25) is 0 Å². The van der Waals surface area contributed by atoms with Gasteiger partial charge < -0.3 is 9.88 Å². The van der Waals surface area contributed by atoms with Crippen LogP contribution in [-0.2, 0) is 29.8 Å². The number of primary sulfonamides is 1. The smallest absolute Gasteiger partial charge is 0.380 e. The summed E-state index contributed by atoms with van der Waals surface area (Å²) >= 11 is 0. The lowest BCUT2D eigenvalue weighted by molar-refractivity contribution is -0.137. The van der Waals surface area contributed by atoms with E-state index in [0.29, 0.717) is 28.1 Å². The van der Waals surface area contributed by atoms with E-state index in [0.717, 1.165) is 25.0 Å². The highest BCUT2D eigenvalue weighted by molar-refractivity contribution is 7.89. The average molecular weight is 450 g/mol. The number of sulfonamides is 1. The summed E-state index contributed by atoms with van der Waals surface area (Å²) in [6.07, 6.45) is 0.725. The van der Waals surface area contributed by atoms with Crippen LogP contribution in [0.1, 0.15) is 35.4 Å². The van der Waals surface area contributed by atoms with E-state index >= 15 is 0 Å². The molecule has 0 spiro atoms. The average Bonchev–Trinajstić information content (AvgIpc) is 3.45. The van der Waals surface area contributed by atoms with Crippen LogP contribution < -0.4 is 10.5 Å². The molecular formula is C21H21F3N4O2S. The maximum Gasteiger partial charge on any atom is 0.416 e. The number of aromatic nitrogens is 2. The minimum atomic E-state index is -4.39. The zero-order chi connectivity index (χ0) is 22.4. The Kier molecular flexibility index (Phi) is 5.30. The maximum atomic E-state index is 12.8. The highest BCUT2D eigenvalue weighted by atomic mass is 32.2. The van der Waals surface area contributed by atoms with Gasteiger partial charge in [-0.15, -0.1) is 0 Å². The van der Waals surface area contributed by atoms with E-state index in [9.17, 15) is 21.6 Å². The number of aryl methyl sites for hydroxylation is 1. The van der Waals surface area contributed by atoms with Crippen LogP contribution in [0, 0.1) is 0 Å². The summed E-state index contributed by atoms with van der Waals surface area (Å²) < 4.78 is 64.6. The van der Waals surface area contributed by atoms with Gasteiger partial charge in [-0.1, -0.05) is 12.1 Å². The Labute approximate surface area is 178 Å². The van der Waals surface area contributed by atoms with Crippen LogP contribution in [0.3, 0.4) is 0 Å². The summed E-state index contributed by atoms with van der Waals surface area (Å²) in [6, 6.07) is 8.00. The van der Waals surface area contributed by atoms with Gasteiger partial charge in [-0.25, -0.2) is 18.5 Å². The van der Waals surface area contributed by atoms with Gasteiger partial charge in [-0.05, 0) is 54.2 Å². The van der Waals surface area contributed by atoms with Crippen LogP contribution in [0.25, 0.3) is 11.3 Å². The SMILES string of the molecule is Cn1cnc(-c2c(NCc3ccc(C(F)(F)F)cc3)ccc(S(N)(=O)=O)c2C2CC2)c1. The number of imidazole rings is 1. The normalized spacial score (nSPS) is 14.6. The lowest BCUT2D eigenvalue weighted by Gasteiger charge is -2.18. The van der Waals surface area contributed by atoms with Crippen molar-refractivity contribution in [3.05, 3.63) is 65.6 Å². The van der Waals surface area contributed by atoms with Crippen molar-refractivity contribution < 1.29 is 21.6 Å². The van der Waals surface area contributed by atoms with Crippen LogP contribution in [0.5, 0.6) is 0 Å². The maximum absolute atomic E-state index is 12.8. The zero-order valence-electron chi connectivity index (χ0n) is 16.6. The Morgan fingerprint density at radius 2 is 1.84 bits per heavy atom. The molecule has 0 amide bonds. The molecule has 31 heavy (non-hydrogen) atoms. The molecule has 0 aliphatic heterocycles. The fourth-order valence-corrected chi connectivity index (χ4v) is 4.43. The van der Waals surface area contributed by atoms with Gasteiger partial charge in [0.25, 0.3) is 0 Å². The molecule has 0 saturated heterocycles. The predicted octanol–water partition coefficient (Wildman–Crippen LogP) is 4.24. The molecule has 1 aromatic heterocycles. The van der Waals surface area contributed by atoms with Gasteiger partial charge in [0, 0.05) is 31.0 Å². The standard InChI is InChI=1S/C21H21F3N4O2S/c1-28-11-17(27-12-28)20-16(8-9-18(31(25,29)30)19(20)14-4-5-14)26-10-13-2-6-15(7-3-13)21(22,23)24/h2-3,6-9,11-12,14,26H,4-5,10H2,1H3,(H2,25,29,30).